The van der Waals surface area contributed by atoms with Crippen LogP contribution in [0.25, 0.3) is 0 Å². The highest BCUT2D eigenvalue weighted by Gasteiger charge is 2.25. The lowest BCUT2D eigenvalue weighted by molar-refractivity contribution is 0.0383. The van der Waals surface area contributed by atoms with E-state index >= 15 is 0 Å². The number of piperidine rings is 1. The molecule has 4 rings (SSSR count). The van der Waals surface area contributed by atoms with E-state index in [1.165, 1.54) is 0 Å². The maximum atomic E-state index is 12.7. The Hall–Kier alpha value is -2.90. The van der Waals surface area contributed by atoms with Gasteiger partial charge in [-0.2, -0.15) is 0 Å². The number of hydrogen-bond donors (Lipinski definition) is 2. The molecule has 0 bridgehead atoms. The molecule has 2 aliphatic rings. The second kappa shape index (κ2) is 11.1. The number of nitrogens with one attached hydrogen (secondary N) is 2. The quantitative estimate of drug-likeness (QED) is 0.730. The van der Waals surface area contributed by atoms with Gasteiger partial charge in [0, 0.05) is 56.4 Å². The molecule has 0 radical (unpaired) electrons. The molecular formula is C25H32N4O3. The number of ether oxygens (including phenoxy) is 1. The molecule has 0 saturated carbocycles. The molecule has 0 unspecified atom stereocenters. The second-order valence-electron chi connectivity index (χ2n) is 8.42. The van der Waals surface area contributed by atoms with Gasteiger partial charge >= 0.3 is 6.03 Å². The lowest BCUT2D eigenvalue weighted by Gasteiger charge is -2.33. The predicted molar refractivity (Wildman–Crippen MR) is 125 cm³/mol. The minimum atomic E-state index is -0.0714. The SMILES string of the molecule is O=C(NCCN1CCOCC1)c1cccc([C@H]2CCCN(C(=O)Nc3ccccc3)C2)c1. The number of amides is 3. The molecule has 2 saturated heterocycles. The van der Waals surface area contributed by atoms with E-state index in [0.29, 0.717) is 18.7 Å². The summed E-state index contributed by atoms with van der Waals surface area (Å²) in [6, 6.07) is 17.3. The molecule has 0 spiro atoms. The van der Waals surface area contributed by atoms with Gasteiger partial charge in [-0.15, -0.1) is 0 Å². The highest BCUT2D eigenvalue weighted by atomic mass is 16.5. The maximum Gasteiger partial charge on any atom is 0.321 e. The third kappa shape index (κ3) is 6.08. The van der Waals surface area contributed by atoms with Crippen molar-refractivity contribution in [1.82, 2.24) is 15.1 Å². The number of rotatable bonds is 6. The van der Waals surface area contributed by atoms with Gasteiger partial charge < -0.3 is 20.3 Å². The molecule has 2 aromatic rings. The van der Waals surface area contributed by atoms with Crippen LogP contribution in [0.15, 0.2) is 54.6 Å². The van der Waals surface area contributed by atoms with Crippen molar-refractivity contribution >= 4 is 17.6 Å². The molecule has 7 heteroatoms. The van der Waals surface area contributed by atoms with Gasteiger partial charge in [0.25, 0.3) is 5.91 Å². The minimum Gasteiger partial charge on any atom is -0.379 e. The van der Waals surface area contributed by atoms with Crippen LogP contribution < -0.4 is 10.6 Å². The topological polar surface area (TPSA) is 73.9 Å². The first-order chi connectivity index (χ1) is 15.7. The van der Waals surface area contributed by atoms with E-state index in [4.69, 9.17) is 4.74 Å². The summed E-state index contributed by atoms with van der Waals surface area (Å²) >= 11 is 0. The highest BCUT2D eigenvalue weighted by molar-refractivity contribution is 5.94. The Balaban J connectivity index is 1.31. The molecule has 2 fully saturated rings. The van der Waals surface area contributed by atoms with Crippen LogP contribution in [0.4, 0.5) is 10.5 Å². The van der Waals surface area contributed by atoms with Gasteiger partial charge in [0.05, 0.1) is 13.2 Å². The summed E-state index contributed by atoms with van der Waals surface area (Å²) in [5, 5.41) is 6.01. The molecule has 2 aromatic carbocycles. The van der Waals surface area contributed by atoms with Gasteiger partial charge in [-0.25, -0.2) is 4.79 Å². The summed E-state index contributed by atoms with van der Waals surface area (Å²) < 4.78 is 5.36. The summed E-state index contributed by atoms with van der Waals surface area (Å²) in [6.07, 6.45) is 1.96. The lowest BCUT2D eigenvalue weighted by Crippen LogP contribution is -2.41. The number of anilines is 1. The molecule has 2 aliphatic heterocycles. The fraction of sp³-hybridized carbons (Fsp3) is 0.440. The van der Waals surface area contributed by atoms with Crippen molar-refractivity contribution in [3.8, 4) is 0 Å². The Bertz CT molecular complexity index is 899. The molecule has 1 atom stereocenters. The highest BCUT2D eigenvalue weighted by Crippen LogP contribution is 2.28. The normalized spacial score (nSPS) is 19.4. The first-order valence-corrected chi connectivity index (χ1v) is 11.5. The van der Waals surface area contributed by atoms with Crippen molar-refractivity contribution in [2.24, 2.45) is 0 Å². The Labute approximate surface area is 189 Å². The minimum absolute atomic E-state index is 0.0467. The number of likely N-dealkylation sites (tertiary alicyclic amines) is 1. The predicted octanol–water partition coefficient (Wildman–Crippen LogP) is 3.16. The van der Waals surface area contributed by atoms with Crippen LogP contribution in [0.2, 0.25) is 0 Å². The largest absolute Gasteiger partial charge is 0.379 e. The molecule has 7 nitrogen and oxygen atoms in total. The van der Waals surface area contributed by atoms with Crippen molar-refractivity contribution in [2.75, 3.05) is 57.8 Å². The number of para-hydroxylation sites is 1. The summed E-state index contributed by atoms with van der Waals surface area (Å²) in [6.45, 7) is 6.22. The summed E-state index contributed by atoms with van der Waals surface area (Å²) in [5.41, 5.74) is 2.59. The Morgan fingerprint density at radius 2 is 1.81 bits per heavy atom. The van der Waals surface area contributed by atoms with Crippen LogP contribution in [0.1, 0.15) is 34.7 Å². The zero-order chi connectivity index (χ0) is 22.2. The van der Waals surface area contributed by atoms with E-state index in [0.717, 1.165) is 63.5 Å². The summed E-state index contributed by atoms with van der Waals surface area (Å²) in [5.74, 6) is 0.181. The number of benzene rings is 2. The Kier molecular flexibility index (Phi) is 7.74. The van der Waals surface area contributed by atoms with E-state index < -0.39 is 0 Å². The van der Waals surface area contributed by atoms with Gasteiger partial charge in [0.1, 0.15) is 0 Å². The van der Waals surface area contributed by atoms with E-state index in [2.05, 4.69) is 21.6 Å². The van der Waals surface area contributed by atoms with Crippen LogP contribution in [0.5, 0.6) is 0 Å². The number of morpholine rings is 1. The third-order valence-electron chi connectivity index (χ3n) is 6.17. The maximum absolute atomic E-state index is 12.7. The lowest BCUT2D eigenvalue weighted by atomic mass is 9.89. The molecule has 3 amide bonds. The Morgan fingerprint density at radius 3 is 2.62 bits per heavy atom. The molecule has 170 valence electrons. The zero-order valence-electron chi connectivity index (χ0n) is 18.5. The summed E-state index contributed by atoms with van der Waals surface area (Å²) in [4.78, 5) is 29.5. The van der Waals surface area contributed by atoms with Gasteiger partial charge in [0.2, 0.25) is 0 Å². The number of carbonyl (C=O) groups excluding carboxylic acids is 2. The van der Waals surface area contributed by atoms with Gasteiger partial charge in [-0.05, 0) is 42.7 Å². The standard InChI is InChI=1S/C25H32N4O3/c30-24(26-11-13-28-14-16-32-17-15-28)21-7-4-6-20(18-21)22-8-5-12-29(19-22)25(31)27-23-9-2-1-3-10-23/h1-4,6-7,9-10,18,22H,5,8,11-17,19H2,(H,26,30)(H,27,31)/t22-/m0/s1. The fourth-order valence-electron chi connectivity index (χ4n) is 4.35. The number of nitrogens with zero attached hydrogens (tertiary/aromatic N) is 2. The fourth-order valence-corrected chi connectivity index (χ4v) is 4.35. The van der Waals surface area contributed by atoms with Crippen LogP contribution >= 0.6 is 0 Å². The monoisotopic (exact) mass is 436 g/mol. The Morgan fingerprint density at radius 1 is 1.00 bits per heavy atom. The molecule has 2 heterocycles. The summed E-state index contributed by atoms with van der Waals surface area (Å²) in [7, 11) is 0. The van der Waals surface area contributed by atoms with E-state index in [1.807, 2.05) is 53.4 Å². The molecular weight excluding hydrogens is 404 g/mol. The van der Waals surface area contributed by atoms with Crippen LogP contribution in [-0.2, 0) is 4.74 Å². The molecule has 32 heavy (non-hydrogen) atoms. The van der Waals surface area contributed by atoms with Gasteiger partial charge in [0.15, 0.2) is 0 Å². The van der Waals surface area contributed by atoms with Crippen LogP contribution in [-0.4, -0.2) is 74.2 Å². The number of urea groups is 1. The van der Waals surface area contributed by atoms with Gasteiger partial charge in [-0.1, -0.05) is 30.3 Å². The average molecular weight is 437 g/mol. The molecule has 0 aromatic heterocycles. The number of hydrogen-bond acceptors (Lipinski definition) is 4. The first-order valence-electron chi connectivity index (χ1n) is 11.5. The van der Waals surface area contributed by atoms with Crippen molar-refractivity contribution in [2.45, 2.75) is 18.8 Å². The molecule has 0 aliphatic carbocycles. The van der Waals surface area contributed by atoms with E-state index in [9.17, 15) is 9.59 Å². The van der Waals surface area contributed by atoms with Crippen LogP contribution in [0.3, 0.4) is 0 Å². The van der Waals surface area contributed by atoms with Crippen molar-refractivity contribution in [3.05, 3.63) is 65.7 Å². The van der Waals surface area contributed by atoms with Crippen molar-refractivity contribution in [3.63, 3.8) is 0 Å². The second-order valence-corrected chi connectivity index (χ2v) is 8.42. The smallest absolute Gasteiger partial charge is 0.321 e. The van der Waals surface area contributed by atoms with Crippen molar-refractivity contribution < 1.29 is 14.3 Å². The third-order valence-corrected chi connectivity index (χ3v) is 6.17. The van der Waals surface area contributed by atoms with E-state index in [1.54, 1.807) is 0 Å². The molecule has 2 N–H and O–H groups in total. The van der Waals surface area contributed by atoms with Crippen molar-refractivity contribution in [1.29, 1.82) is 0 Å². The number of carbonyl (C=O) groups is 2. The van der Waals surface area contributed by atoms with E-state index in [-0.39, 0.29) is 17.9 Å². The zero-order valence-corrected chi connectivity index (χ0v) is 18.5. The van der Waals surface area contributed by atoms with Gasteiger partial charge in [-0.3, -0.25) is 9.69 Å². The average Bonchev–Trinajstić information content (AvgIpc) is 2.85. The van der Waals surface area contributed by atoms with Crippen LogP contribution in [0, 0.1) is 0 Å². The first kappa shape index (κ1) is 22.3.